The van der Waals surface area contributed by atoms with Gasteiger partial charge in [0, 0.05) is 6.07 Å². The van der Waals surface area contributed by atoms with Gasteiger partial charge in [0.25, 0.3) is 0 Å². The maximum Gasteiger partial charge on any atom is 0.134 e. The minimum Gasteiger partial charge on any atom is -0.364 e. The van der Waals surface area contributed by atoms with Gasteiger partial charge in [-0.15, -0.1) is 0 Å². The van der Waals surface area contributed by atoms with Crippen LogP contribution in [0.2, 0.25) is 0 Å². The fraction of sp³-hybridized carbons (Fsp3) is 0.154. The molecule has 17 heavy (non-hydrogen) atoms. The Bertz CT molecular complexity index is 674. The van der Waals surface area contributed by atoms with E-state index >= 15 is 0 Å². The highest BCUT2D eigenvalue weighted by Crippen LogP contribution is 2.21. The molecule has 0 amide bonds. The summed E-state index contributed by atoms with van der Waals surface area (Å²) in [4.78, 5) is 9.12. The second kappa shape index (κ2) is 3.66. The first-order valence-electron chi connectivity index (χ1n) is 5.40. The Labute approximate surface area is 98.3 Å². The molecule has 0 aliphatic carbocycles. The van der Waals surface area contributed by atoms with E-state index in [9.17, 15) is 0 Å². The molecule has 0 radical (unpaired) electrons. The predicted molar refractivity (Wildman–Crippen MR) is 64.5 cm³/mol. The van der Waals surface area contributed by atoms with Gasteiger partial charge >= 0.3 is 0 Å². The molecule has 0 saturated carbocycles. The molecular weight excluding hydrogens is 214 g/mol. The van der Waals surface area contributed by atoms with Crippen molar-refractivity contribution in [2.24, 2.45) is 0 Å². The highest BCUT2D eigenvalue weighted by Gasteiger charge is 2.09. The van der Waals surface area contributed by atoms with Crippen LogP contribution in [0.5, 0.6) is 0 Å². The van der Waals surface area contributed by atoms with Crippen LogP contribution in [0, 0.1) is 13.8 Å². The average Bonchev–Trinajstić information content (AvgIpc) is 2.82. The van der Waals surface area contributed by atoms with Crippen molar-refractivity contribution in [2.75, 3.05) is 0 Å². The number of aryl methyl sites for hydroxylation is 2. The quantitative estimate of drug-likeness (QED) is 0.639. The van der Waals surface area contributed by atoms with Crippen LogP contribution in [0.15, 0.2) is 35.1 Å². The molecule has 1 aromatic carbocycles. The summed E-state index contributed by atoms with van der Waals surface area (Å²) in [5.74, 6) is 0. The van der Waals surface area contributed by atoms with E-state index in [0.29, 0.717) is 0 Å². The highest BCUT2D eigenvalue weighted by molar-refractivity contribution is 5.78. The Hall–Kier alpha value is -2.23. The Kier molecular flexibility index (Phi) is 2.14. The SMILES string of the molecule is Cc1ccc2nc(C)c(-c3ccon3)nc2c1. The lowest BCUT2D eigenvalue weighted by molar-refractivity contribution is 0.422. The molecule has 3 rings (SSSR count). The van der Waals surface area contributed by atoms with Crippen molar-refractivity contribution in [1.82, 2.24) is 15.1 Å². The van der Waals surface area contributed by atoms with Gasteiger partial charge in [-0.05, 0) is 31.5 Å². The zero-order valence-corrected chi connectivity index (χ0v) is 9.64. The van der Waals surface area contributed by atoms with Gasteiger partial charge in [0.2, 0.25) is 0 Å². The second-order valence-corrected chi connectivity index (χ2v) is 4.03. The number of rotatable bonds is 1. The average molecular weight is 225 g/mol. The van der Waals surface area contributed by atoms with Crippen LogP contribution < -0.4 is 0 Å². The Morgan fingerprint density at radius 3 is 2.65 bits per heavy atom. The van der Waals surface area contributed by atoms with Crippen LogP contribution in [-0.2, 0) is 0 Å². The Morgan fingerprint density at radius 1 is 1.00 bits per heavy atom. The molecule has 0 bridgehead atoms. The van der Waals surface area contributed by atoms with Gasteiger partial charge in [-0.2, -0.15) is 0 Å². The van der Waals surface area contributed by atoms with Crippen LogP contribution in [0.4, 0.5) is 0 Å². The fourth-order valence-corrected chi connectivity index (χ4v) is 1.83. The summed E-state index contributed by atoms with van der Waals surface area (Å²) in [6.45, 7) is 3.97. The molecule has 4 nitrogen and oxygen atoms in total. The molecule has 0 spiro atoms. The topological polar surface area (TPSA) is 51.8 Å². The van der Waals surface area contributed by atoms with Crippen LogP contribution in [0.25, 0.3) is 22.4 Å². The van der Waals surface area contributed by atoms with Gasteiger partial charge in [0.1, 0.15) is 17.7 Å². The van der Waals surface area contributed by atoms with Crippen LogP contribution in [0.3, 0.4) is 0 Å². The van der Waals surface area contributed by atoms with E-state index in [4.69, 9.17) is 4.52 Å². The Balaban J connectivity index is 2.29. The molecule has 0 unspecified atom stereocenters. The lowest BCUT2D eigenvalue weighted by atomic mass is 10.2. The monoisotopic (exact) mass is 225 g/mol. The lowest BCUT2D eigenvalue weighted by Gasteiger charge is -2.04. The van der Waals surface area contributed by atoms with E-state index in [0.717, 1.165) is 28.1 Å². The summed E-state index contributed by atoms with van der Waals surface area (Å²) in [6.07, 6.45) is 1.54. The third kappa shape index (κ3) is 1.67. The molecule has 0 atom stereocenters. The first-order valence-corrected chi connectivity index (χ1v) is 5.40. The largest absolute Gasteiger partial charge is 0.364 e. The standard InChI is InChI=1S/C13H11N3O/c1-8-3-4-10-12(7-8)15-13(9(2)14-10)11-5-6-17-16-11/h3-7H,1-2H3. The van der Waals surface area contributed by atoms with Gasteiger partial charge in [-0.25, -0.2) is 9.97 Å². The van der Waals surface area contributed by atoms with Gasteiger partial charge in [-0.1, -0.05) is 11.2 Å². The summed E-state index contributed by atoms with van der Waals surface area (Å²) in [6, 6.07) is 7.83. The van der Waals surface area contributed by atoms with Crippen LogP contribution in [-0.4, -0.2) is 15.1 Å². The number of aromatic nitrogens is 3. The number of nitrogens with zero attached hydrogens (tertiary/aromatic N) is 3. The van der Waals surface area contributed by atoms with Gasteiger partial charge in [-0.3, -0.25) is 0 Å². The molecule has 4 heteroatoms. The molecule has 2 aromatic heterocycles. The van der Waals surface area contributed by atoms with Crippen molar-refractivity contribution in [3.63, 3.8) is 0 Å². The molecule has 3 aromatic rings. The molecule has 2 heterocycles. The zero-order chi connectivity index (χ0) is 11.8. The van der Waals surface area contributed by atoms with E-state index in [2.05, 4.69) is 15.1 Å². The summed E-state index contributed by atoms with van der Waals surface area (Å²) < 4.78 is 4.84. The molecule has 0 aliphatic rings. The molecule has 0 fully saturated rings. The highest BCUT2D eigenvalue weighted by atomic mass is 16.5. The van der Waals surface area contributed by atoms with E-state index < -0.39 is 0 Å². The summed E-state index contributed by atoms with van der Waals surface area (Å²) in [5, 5.41) is 3.90. The minimum atomic E-state index is 0.721. The number of hydrogen-bond donors (Lipinski definition) is 0. The van der Waals surface area contributed by atoms with Crippen molar-refractivity contribution in [2.45, 2.75) is 13.8 Å². The zero-order valence-electron chi connectivity index (χ0n) is 9.64. The predicted octanol–water partition coefficient (Wildman–Crippen LogP) is 2.90. The fourth-order valence-electron chi connectivity index (χ4n) is 1.83. The van der Waals surface area contributed by atoms with Crippen LogP contribution >= 0.6 is 0 Å². The third-order valence-corrected chi connectivity index (χ3v) is 2.67. The van der Waals surface area contributed by atoms with Crippen LogP contribution in [0.1, 0.15) is 11.3 Å². The van der Waals surface area contributed by atoms with Gasteiger partial charge in [0.05, 0.1) is 16.7 Å². The van der Waals surface area contributed by atoms with E-state index in [1.807, 2.05) is 32.0 Å². The summed E-state index contributed by atoms with van der Waals surface area (Å²) in [5.41, 5.74) is 5.31. The van der Waals surface area contributed by atoms with E-state index in [1.165, 1.54) is 11.8 Å². The first-order chi connectivity index (χ1) is 8.24. The normalized spacial score (nSPS) is 10.9. The molecule has 0 aliphatic heterocycles. The first kappa shape index (κ1) is 9.96. The van der Waals surface area contributed by atoms with Gasteiger partial charge in [0.15, 0.2) is 0 Å². The summed E-state index contributed by atoms with van der Waals surface area (Å²) >= 11 is 0. The van der Waals surface area contributed by atoms with E-state index in [1.54, 1.807) is 6.07 Å². The smallest absolute Gasteiger partial charge is 0.134 e. The molecular formula is C13H11N3O. The van der Waals surface area contributed by atoms with Crippen molar-refractivity contribution in [3.8, 4) is 11.4 Å². The maximum atomic E-state index is 4.84. The van der Waals surface area contributed by atoms with Crippen molar-refractivity contribution >= 4 is 11.0 Å². The number of hydrogen-bond acceptors (Lipinski definition) is 4. The second-order valence-electron chi connectivity index (χ2n) is 4.03. The minimum absolute atomic E-state index is 0.721. The molecule has 0 N–H and O–H groups in total. The number of benzene rings is 1. The van der Waals surface area contributed by atoms with Crippen molar-refractivity contribution < 1.29 is 4.52 Å². The van der Waals surface area contributed by atoms with Gasteiger partial charge < -0.3 is 4.52 Å². The van der Waals surface area contributed by atoms with E-state index in [-0.39, 0.29) is 0 Å². The molecule has 0 saturated heterocycles. The summed E-state index contributed by atoms with van der Waals surface area (Å²) in [7, 11) is 0. The maximum absolute atomic E-state index is 4.84. The molecule has 84 valence electrons. The van der Waals surface area contributed by atoms with Crippen molar-refractivity contribution in [3.05, 3.63) is 41.8 Å². The van der Waals surface area contributed by atoms with Crippen molar-refractivity contribution in [1.29, 1.82) is 0 Å². The third-order valence-electron chi connectivity index (χ3n) is 2.67. The number of fused-ring (bicyclic) bond motifs is 1. The Morgan fingerprint density at radius 2 is 1.88 bits per heavy atom. The lowest BCUT2D eigenvalue weighted by Crippen LogP contribution is -1.94.